The molecule has 1 aliphatic heterocycles. The average molecular weight is 347 g/mol. The Balaban J connectivity index is 1.44. The first-order valence-electron chi connectivity index (χ1n) is 7.97. The lowest BCUT2D eigenvalue weighted by atomic mass is 10.2. The fraction of sp³-hybridized carbons (Fsp3) is 0.368. The number of aryl methyl sites for hydroxylation is 1. The molecule has 0 amide bonds. The van der Waals surface area contributed by atoms with E-state index in [1.54, 1.807) is 0 Å². The minimum atomic E-state index is 0.556. The second-order valence-corrected chi connectivity index (χ2v) is 8.18. The molecule has 1 fully saturated rings. The van der Waals surface area contributed by atoms with Gasteiger partial charge in [-0.1, -0.05) is 30.3 Å². The van der Waals surface area contributed by atoms with Gasteiger partial charge in [-0.25, -0.2) is 0 Å². The summed E-state index contributed by atoms with van der Waals surface area (Å²) in [6.45, 7) is 3.16. The number of hydrogen-bond acceptors (Lipinski definition) is 4. The lowest BCUT2D eigenvalue weighted by molar-refractivity contribution is 0.216. The zero-order valence-corrected chi connectivity index (χ0v) is 15.0. The molecule has 0 spiro atoms. The first-order chi connectivity index (χ1) is 11.3. The highest BCUT2D eigenvalue weighted by atomic mass is 32.2. The maximum absolute atomic E-state index is 5.77. The van der Waals surface area contributed by atoms with Gasteiger partial charge in [0.05, 0.1) is 4.58 Å². The second-order valence-electron chi connectivity index (χ2n) is 5.46. The molecule has 122 valence electrons. The van der Waals surface area contributed by atoms with E-state index >= 15 is 0 Å². The van der Waals surface area contributed by atoms with Crippen LogP contribution in [0.3, 0.4) is 0 Å². The van der Waals surface area contributed by atoms with Gasteiger partial charge >= 0.3 is 0 Å². The van der Waals surface area contributed by atoms with Crippen LogP contribution in [0.4, 0.5) is 0 Å². The molecule has 0 radical (unpaired) electrons. The lowest BCUT2D eigenvalue weighted by Gasteiger charge is -2.21. The Morgan fingerprint density at radius 1 is 0.913 bits per heavy atom. The van der Waals surface area contributed by atoms with E-state index in [9.17, 15) is 0 Å². The molecule has 1 heterocycles. The summed E-state index contributed by atoms with van der Waals surface area (Å²) in [4.78, 5) is 0. The summed E-state index contributed by atoms with van der Waals surface area (Å²) in [6.07, 6.45) is 1.33. The summed E-state index contributed by atoms with van der Waals surface area (Å²) < 4.78 is 12.1. The average Bonchev–Trinajstić information content (AvgIpc) is 2.61. The molecule has 0 atom stereocenters. The Morgan fingerprint density at radius 3 is 2.35 bits per heavy atom. The van der Waals surface area contributed by atoms with Crippen LogP contribution >= 0.6 is 23.5 Å². The number of thioether (sulfide) groups is 2. The van der Waals surface area contributed by atoms with E-state index in [2.05, 4.69) is 37.3 Å². The van der Waals surface area contributed by atoms with E-state index in [0.29, 0.717) is 17.8 Å². The fourth-order valence-electron chi connectivity index (χ4n) is 2.43. The van der Waals surface area contributed by atoms with Crippen LogP contribution in [-0.2, 0) is 0 Å². The van der Waals surface area contributed by atoms with Gasteiger partial charge in [0.15, 0.2) is 0 Å². The molecule has 2 aromatic carbocycles. The van der Waals surface area contributed by atoms with Crippen LogP contribution in [0.5, 0.6) is 11.5 Å². The van der Waals surface area contributed by atoms with Gasteiger partial charge in [0.25, 0.3) is 0 Å². The number of rotatable bonds is 6. The smallest absolute Gasteiger partial charge is 0.122 e. The van der Waals surface area contributed by atoms with Crippen molar-refractivity contribution in [1.82, 2.24) is 0 Å². The van der Waals surface area contributed by atoms with Crippen LogP contribution in [0.1, 0.15) is 22.1 Å². The van der Waals surface area contributed by atoms with Gasteiger partial charge in [0.1, 0.15) is 24.7 Å². The molecule has 0 N–H and O–H groups in total. The fourth-order valence-corrected chi connectivity index (χ4v) is 5.33. The molecule has 0 bridgehead atoms. The Hall–Kier alpha value is -1.26. The zero-order valence-electron chi connectivity index (χ0n) is 13.4. The molecule has 0 unspecified atom stereocenters. The Kier molecular flexibility index (Phi) is 6.17. The number of benzene rings is 2. The molecule has 3 rings (SSSR count). The molecular formula is C19H22O2S2. The van der Waals surface area contributed by atoms with Gasteiger partial charge < -0.3 is 9.47 Å². The molecule has 23 heavy (non-hydrogen) atoms. The number of para-hydroxylation sites is 1. The third-order valence-corrected chi connectivity index (χ3v) is 6.70. The van der Waals surface area contributed by atoms with E-state index in [4.69, 9.17) is 9.47 Å². The van der Waals surface area contributed by atoms with Crippen molar-refractivity contribution in [3.63, 3.8) is 0 Å². The van der Waals surface area contributed by atoms with E-state index in [1.807, 2.05) is 41.7 Å². The maximum Gasteiger partial charge on any atom is 0.122 e. The van der Waals surface area contributed by atoms with Crippen molar-refractivity contribution in [2.75, 3.05) is 24.7 Å². The van der Waals surface area contributed by atoms with Crippen LogP contribution in [0.25, 0.3) is 0 Å². The van der Waals surface area contributed by atoms with Crippen LogP contribution in [0.2, 0.25) is 0 Å². The minimum absolute atomic E-state index is 0.556. The van der Waals surface area contributed by atoms with Crippen LogP contribution < -0.4 is 9.47 Å². The Labute approximate surface area is 147 Å². The highest BCUT2D eigenvalue weighted by molar-refractivity contribution is 8.16. The zero-order chi connectivity index (χ0) is 15.9. The molecule has 1 saturated heterocycles. The van der Waals surface area contributed by atoms with Crippen molar-refractivity contribution >= 4 is 23.5 Å². The Morgan fingerprint density at radius 2 is 1.61 bits per heavy atom. The maximum atomic E-state index is 5.77. The third-order valence-electron chi connectivity index (χ3n) is 3.68. The third kappa shape index (κ3) is 4.85. The van der Waals surface area contributed by atoms with Crippen molar-refractivity contribution < 1.29 is 9.47 Å². The molecule has 0 saturated carbocycles. The van der Waals surface area contributed by atoms with Crippen LogP contribution in [-0.4, -0.2) is 24.7 Å². The van der Waals surface area contributed by atoms with Gasteiger partial charge in [-0.3, -0.25) is 0 Å². The van der Waals surface area contributed by atoms with Gasteiger partial charge in [-0.2, -0.15) is 0 Å². The highest BCUT2D eigenvalue weighted by Gasteiger charge is 2.16. The van der Waals surface area contributed by atoms with Crippen molar-refractivity contribution in [3.8, 4) is 11.5 Å². The summed E-state index contributed by atoms with van der Waals surface area (Å²) in [7, 11) is 0. The van der Waals surface area contributed by atoms with Gasteiger partial charge in [0.2, 0.25) is 0 Å². The Bertz CT molecular complexity index is 607. The van der Waals surface area contributed by atoms with E-state index in [0.717, 1.165) is 17.1 Å². The molecule has 2 aromatic rings. The van der Waals surface area contributed by atoms with E-state index in [1.165, 1.54) is 23.5 Å². The molecular weight excluding hydrogens is 324 g/mol. The van der Waals surface area contributed by atoms with E-state index < -0.39 is 0 Å². The molecule has 0 aliphatic carbocycles. The molecule has 0 aromatic heterocycles. The summed E-state index contributed by atoms with van der Waals surface area (Å²) in [5, 5.41) is 0. The SMILES string of the molecule is Cc1ccccc1OCCOc1ccc(C2SCCCS2)cc1. The van der Waals surface area contributed by atoms with Crippen molar-refractivity contribution in [2.24, 2.45) is 0 Å². The highest BCUT2D eigenvalue weighted by Crippen LogP contribution is 2.43. The topological polar surface area (TPSA) is 18.5 Å². The van der Waals surface area contributed by atoms with Crippen molar-refractivity contribution in [1.29, 1.82) is 0 Å². The normalized spacial score (nSPS) is 15.3. The number of hydrogen-bond donors (Lipinski definition) is 0. The van der Waals surface area contributed by atoms with Gasteiger partial charge in [-0.05, 0) is 54.2 Å². The second kappa shape index (κ2) is 8.55. The predicted octanol–water partition coefficient (Wildman–Crippen LogP) is 5.32. The van der Waals surface area contributed by atoms with Crippen molar-refractivity contribution in [2.45, 2.75) is 17.9 Å². The van der Waals surface area contributed by atoms with Crippen molar-refractivity contribution in [3.05, 3.63) is 59.7 Å². The summed E-state index contributed by atoms with van der Waals surface area (Å²) in [6, 6.07) is 16.6. The van der Waals surface area contributed by atoms with Gasteiger partial charge in [0, 0.05) is 0 Å². The summed E-state index contributed by atoms with van der Waals surface area (Å²) >= 11 is 4.09. The first kappa shape index (κ1) is 16.6. The molecule has 2 nitrogen and oxygen atoms in total. The summed E-state index contributed by atoms with van der Waals surface area (Å²) in [5.74, 6) is 4.38. The predicted molar refractivity (Wildman–Crippen MR) is 101 cm³/mol. The minimum Gasteiger partial charge on any atom is -0.490 e. The van der Waals surface area contributed by atoms with Crippen LogP contribution in [0, 0.1) is 6.92 Å². The monoisotopic (exact) mass is 346 g/mol. The number of ether oxygens (including phenoxy) is 2. The summed E-state index contributed by atoms with van der Waals surface area (Å²) in [5.41, 5.74) is 2.54. The van der Waals surface area contributed by atoms with E-state index in [-0.39, 0.29) is 0 Å². The molecule has 1 aliphatic rings. The standard InChI is InChI=1S/C19H22O2S2/c1-15-5-2-3-6-18(15)21-12-11-20-17-9-7-16(8-10-17)19-22-13-4-14-23-19/h2-3,5-10,19H,4,11-14H2,1H3. The van der Waals surface area contributed by atoms with Crippen LogP contribution in [0.15, 0.2) is 48.5 Å². The quantitative estimate of drug-likeness (QED) is 0.659. The largest absolute Gasteiger partial charge is 0.490 e. The molecule has 4 heteroatoms. The van der Waals surface area contributed by atoms with Gasteiger partial charge in [-0.15, -0.1) is 23.5 Å². The lowest BCUT2D eigenvalue weighted by Crippen LogP contribution is -2.09. The first-order valence-corrected chi connectivity index (χ1v) is 10.1.